The Labute approximate surface area is 242 Å². The number of aryl methyl sites for hydroxylation is 1. The number of rotatable bonds is 10. The number of imidazole rings is 1. The minimum absolute atomic E-state index is 0.0161. The maximum absolute atomic E-state index is 12.8. The molecule has 5 rings (SSSR count). The number of sulfonamides is 1. The molecule has 1 N–H and O–H groups in total. The standard InChI is InChI=1S/C29H27ClN6O4S/c1-20-32-25-13-14-26(29(37)34-41(38,39)23-8-4-3-5-9-23)33-28(25)36(20)19-21-11-12-22(18-24(21)30)40-17-16-35(2)27-10-6-7-15-31-27/h3-15,18H,16-17,19H2,1-2H3,(H,34,37). The van der Waals surface area contributed by atoms with Crippen LogP contribution in [0.15, 0.2) is 90.0 Å². The molecule has 0 saturated heterocycles. The number of aromatic nitrogens is 4. The highest BCUT2D eigenvalue weighted by atomic mass is 35.5. The lowest BCUT2D eigenvalue weighted by Crippen LogP contribution is -2.31. The van der Waals surface area contributed by atoms with Crippen LogP contribution in [0.2, 0.25) is 5.02 Å². The van der Waals surface area contributed by atoms with Gasteiger partial charge in [-0.05, 0) is 61.0 Å². The third-order valence-corrected chi connectivity index (χ3v) is 8.08. The number of benzene rings is 2. The zero-order chi connectivity index (χ0) is 29.0. The van der Waals surface area contributed by atoms with E-state index < -0.39 is 15.9 Å². The first-order valence-electron chi connectivity index (χ1n) is 12.7. The molecule has 2 aromatic carbocycles. The highest BCUT2D eigenvalue weighted by Gasteiger charge is 2.21. The zero-order valence-corrected chi connectivity index (χ0v) is 23.9. The number of amides is 1. The van der Waals surface area contributed by atoms with Crippen LogP contribution >= 0.6 is 11.6 Å². The van der Waals surface area contributed by atoms with Gasteiger partial charge in [-0.2, -0.15) is 0 Å². The molecule has 0 spiro atoms. The largest absolute Gasteiger partial charge is 0.492 e. The number of fused-ring (bicyclic) bond motifs is 1. The monoisotopic (exact) mass is 590 g/mol. The number of likely N-dealkylation sites (N-methyl/N-ethyl adjacent to an activating group) is 1. The smallest absolute Gasteiger partial charge is 0.283 e. The molecule has 12 heteroatoms. The fourth-order valence-corrected chi connectivity index (χ4v) is 5.39. The van der Waals surface area contributed by atoms with E-state index in [1.807, 2.05) is 53.8 Å². The Bertz CT molecular complexity index is 1800. The second kappa shape index (κ2) is 11.9. The molecule has 0 saturated carbocycles. The number of carbonyl (C=O) groups excluding carboxylic acids is 1. The van der Waals surface area contributed by atoms with Crippen molar-refractivity contribution in [1.82, 2.24) is 24.2 Å². The maximum Gasteiger partial charge on any atom is 0.283 e. The lowest BCUT2D eigenvalue weighted by Gasteiger charge is -2.18. The molecule has 210 valence electrons. The molecule has 0 bridgehead atoms. The van der Waals surface area contributed by atoms with Crippen LogP contribution in [0.25, 0.3) is 11.2 Å². The fraction of sp³-hybridized carbons (Fsp3) is 0.172. The maximum atomic E-state index is 12.8. The van der Waals surface area contributed by atoms with E-state index in [0.717, 1.165) is 11.4 Å². The van der Waals surface area contributed by atoms with Gasteiger partial charge in [0, 0.05) is 18.3 Å². The number of hydrogen-bond acceptors (Lipinski definition) is 8. The summed E-state index contributed by atoms with van der Waals surface area (Å²) in [5.41, 5.74) is 1.75. The minimum Gasteiger partial charge on any atom is -0.492 e. The lowest BCUT2D eigenvalue weighted by atomic mass is 10.2. The number of nitrogens with one attached hydrogen (secondary N) is 1. The normalized spacial score (nSPS) is 11.4. The Morgan fingerprint density at radius 3 is 2.54 bits per heavy atom. The SMILES string of the molecule is Cc1nc2ccc(C(=O)NS(=O)(=O)c3ccccc3)nc2n1Cc1ccc(OCCN(C)c2ccccn2)cc1Cl. The number of anilines is 1. The highest BCUT2D eigenvalue weighted by molar-refractivity contribution is 7.90. The molecule has 0 aliphatic rings. The Morgan fingerprint density at radius 1 is 1.02 bits per heavy atom. The molecule has 0 aliphatic carbocycles. The molecule has 0 fully saturated rings. The Morgan fingerprint density at radius 2 is 1.80 bits per heavy atom. The number of hydrogen-bond donors (Lipinski definition) is 1. The molecule has 3 heterocycles. The van der Waals surface area contributed by atoms with E-state index in [-0.39, 0.29) is 10.6 Å². The molecule has 0 unspecified atom stereocenters. The van der Waals surface area contributed by atoms with Gasteiger partial charge in [-0.25, -0.2) is 28.1 Å². The summed E-state index contributed by atoms with van der Waals surface area (Å²) in [6.45, 7) is 3.25. The van der Waals surface area contributed by atoms with E-state index in [4.69, 9.17) is 16.3 Å². The fourth-order valence-electron chi connectivity index (χ4n) is 4.17. The molecule has 3 aromatic heterocycles. The molecular formula is C29H27ClN6O4S. The van der Waals surface area contributed by atoms with Crippen molar-refractivity contribution in [2.45, 2.75) is 18.4 Å². The van der Waals surface area contributed by atoms with Crippen LogP contribution in [0.3, 0.4) is 0 Å². The van der Waals surface area contributed by atoms with Crippen LogP contribution in [0.5, 0.6) is 5.75 Å². The van der Waals surface area contributed by atoms with E-state index in [1.165, 1.54) is 18.2 Å². The van der Waals surface area contributed by atoms with Crippen molar-refractivity contribution in [2.24, 2.45) is 0 Å². The molecular weight excluding hydrogens is 564 g/mol. The number of pyridine rings is 2. The van der Waals surface area contributed by atoms with Crippen LogP contribution in [-0.4, -0.2) is 54.0 Å². The quantitative estimate of drug-likeness (QED) is 0.253. The van der Waals surface area contributed by atoms with E-state index in [0.29, 0.717) is 47.5 Å². The van der Waals surface area contributed by atoms with Gasteiger partial charge >= 0.3 is 0 Å². The van der Waals surface area contributed by atoms with Crippen LogP contribution < -0.4 is 14.4 Å². The van der Waals surface area contributed by atoms with Crippen molar-refractivity contribution >= 4 is 44.5 Å². The van der Waals surface area contributed by atoms with Gasteiger partial charge in [-0.3, -0.25) is 4.79 Å². The third-order valence-electron chi connectivity index (χ3n) is 6.39. The third kappa shape index (κ3) is 6.47. The molecule has 0 radical (unpaired) electrons. The summed E-state index contributed by atoms with van der Waals surface area (Å²) in [6, 6.07) is 22.0. The van der Waals surface area contributed by atoms with Crippen molar-refractivity contribution in [1.29, 1.82) is 0 Å². The molecule has 0 atom stereocenters. The van der Waals surface area contributed by atoms with Gasteiger partial charge in [-0.15, -0.1) is 0 Å². The number of nitrogens with zero attached hydrogens (tertiary/aromatic N) is 5. The summed E-state index contributed by atoms with van der Waals surface area (Å²) in [5, 5.41) is 0.504. The zero-order valence-electron chi connectivity index (χ0n) is 22.4. The van der Waals surface area contributed by atoms with Crippen molar-refractivity contribution in [3.05, 3.63) is 107 Å². The van der Waals surface area contributed by atoms with Crippen molar-refractivity contribution in [3.8, 4) is 5.75 Å². The predicted molar refractivity (Wildman–Crippen MR) is 157 cm³/mol. The van der Waals surface area contributed by atoms with E-state index in [9.17, 15) is 13.2 Å². The van der Waals surface area contributed by atoms with E-state index >= 15 is 0 Å². The topological polar surface area (TPSA) is 119 Å². The predicted octanol–water partition coefficient (Wildman–Crippen LogP) is 4.47. The second-order valence-corrected chi connectivity index (χ2v) is 11.3. The van der Waals surface area contributed by atoms with Gasteiger partial charge in [0.2, 0.25) is 0 Å². The van der Waals surface area contributed by atoms with Crippen LogP contribution in [0.4, 0.5) is 5.82 Å². The molecule has 10 nitrogen and oxygen atoms in total. The van der Waals surface area contributed by atoms with Gasteiger partial charge in [0.1, 0.15) is 35.2 Å². The number of ether oxygens (including phenoxy) is 1. The average molecular weight is 591 g/mol. The summed E-state index contributed by atoms with van der Waals surface area (Å²) in [5.74, 6) is 1.32. The first kappa shape index (κ1) is 28.1. The average Bonchev–Trinajstić information content (AvgIpc) is 3.28. The van der Waals surface area contributed by atoms with Crippen LogP contribution in [0, 0.1) is 6.92 Å². The number of halogens is 1. The first-order valence-corrected chi connectivity index (χ1v) is 14.6. The van der Waals surface area contributed by atoms with Crippen LogP contribution in [-0.2, 0) is 16.6 Å². The van der Waals surface area contributed by atoms with Gasteiger partial charge < -0.3 is 14.2 Å². The van der Waals surface area contributed by atoms with Gasteiger partial charge in [0.05, 0.1) is 18.0 Å². The summed E-state index contributed by atoms with van der Waals surface area (Å²) in [6.07, 6.45) is 1.75. The van der Waals surface area contributed by atoms with Crippen molar-refractivity contribution in [3.63, 3.8) is 0 Å². The summed E-state index contributed by atoms with van der Waals surface area (Å²) < 4.78 is 35.0. The van der Waals surface area contributed by atoms with Crippen molar-refractivity contribution in [2.75, 3.05) is 25.1 Å². The molecule has 0 aliphatic heterocycles. The lowest BCUT2D eigenvalue weighted by molar-refractivity contribution is 0.0977. The minimum atomic E-state index is -4.05. The highest BCUT2D eigenvalue weighted by Crippen LogP contribution is 2.25. The summed E-state index contributed by atoms with van der Waals surface area (Å²) in [4.78, 5) is 28.1. The molecule has 1 amide bonds. The van der Waals surface area contributed by atoms with Gasteiger partial charge in [-0.1, -0.05) is 41.9 Å². The second-order valence-electron chi connectivity index (χ2n) is 9.24. The Balaban J connectivity index is 1.29. The number of carbonyl (C=O) groups is 1. The Kier molecular flexibility index (Phi) is 8.18. The molecule has 41 heavy (non-hydrogen) atoms. The van der Waals surface area contributed by atoms with E-state index in [1.54, 1.807) is 36.5 Å². The Hall–Kier alpha value is -4.48. The summed E-state index contributed by atoms with van der Waals surface area (Å²) >= 11 is 6.61. The summed E-state index contributed by atoms with van der Waals surface area (Å²) in [7, 11) is -2.10. The molecule has 5 aromatic rings. The van der Waals surface area contributed by atoms with Gasteiger partial charge in [0.15, 0.2) is 5.65 Å². The van der Waals surface area contributed by atoms with Crippen molar-refractivity contribution < 1.29 is 17.9 Å². The van der Waals surface area contributed by atoms with Crippen LogP contribution in [0.1, 0.15) is 21.9 Å². The van der Waals surface area contributed by atoms with E-state index in [2.05, 4.69) is 19.7 Å². The van der Waals surface area contributed by atoms with Gasteiger partial charge in [0.25, 0.3) is 15.9 Å². The first-order chi connectivity index (χ1) is 19.7.